The largest absolute Gasteiger partial charge is 0.353 e. The van der Waals surface area contributed by atoms with Gasteiger partial charge in [0.1, 0.15) is 0 Å². The van der Waals surface area contributed by atoms with Gasteiger partial charge in [0.25, 0.3) is 0 Å². The second-order valence-corrected chi connectivity index (χ2v) is 3.61. The molecule has 3 N–H and O–H groups in total. The lowest BCUT2D eigenvalue weighted by Gasteiger charge is -2.25. The topological polar surface area (TPSA) is 55.1 Å². The summed E-state index contributed by atoms with van der Waals surface area (Å²) in [6.45, 7) is 2.65. The summed E-state index contributed by atoms with van der Waals surface area (Å²) in [5.74, 6) is 0.521. The molecule has 1 amide bonds. The summed E-state index contributed by atoms with van der Waals surface area (Å²) >= 11 is 0. The Morgan fingerprint density at radius 2 is 2.33 bits per heavy atom. The Labute approximate surface area is 73.7 Å². The minimum Gasteiger partial charge on any atom is -0.353 e. The maximum absolute atomic E-state index is 11.4. The van der Waals surface area contributed by atoms with Gasteiger partial charge in [-0.3, -0.25) is 4.79 Å². The normalized spacial score (nSPS) is 19.8. The quantitative estimate of drug-likeness (QED) is 0.650. The maximum atomic E-state index is 11.4. The standard InChI is InChI=1S/C9H18N2O/c1-7(5-6-10)11-9(12)8-3-2-4-8/h7-8H,2-6,10H2,1H3,(H,11,12). The summed E-state index contributed by atoms with van der Waals surface area (Å²) in [4.78, 5) is 11.4. The molecule has 12 heavy (non-hydrogen) atoms. The van der Waals surface area contributed by atoms with Crippen molar-refractivity contribution in [1.82, 2.24) is 5.32 Å². The van der Waals surface area contributed by atoms with Gasteiger partial charge < -0.3 is 11.1 Å². The minimum atomic E-state index is 0.224. The van der Waals surface area contributed by atoms with Crippen LogP contribution >= 0.6 is 0 Å². The molecule has 70 valence electrons. The Balaban J connectivity index is 2.15. The molecule has 1 atom stereocenters. The van der Waals surface area contributed by atoms with Crippen molar-refractivity contribution < 1.29 is 4.79 Å². The number of rotatable bonds is 4. The summed E-state index contributed by atoms with van der Waals surface area (Å²) in [6.07, 6.45) is 4.23. The van der Waals surface area contributed by atoms with Crippen LogP contribution in [0.3, 0.4) is 0 Å². The minimum absolute atomic E-state index is 0.224. The zero-order chi connectivity index (χ0) is 8.97. The third-order valence-corrected chi connectivity index (χ3v) is 2.46. The van der Waals surface area contributed by atoms with Gasteiger partial charge in [-0.15, -0.1) is 0 Å². The van der Waals surface area contributed by atoms with Crippen molar-refractivity contribution in [1.29, 1.82) is 0 Å². The van der Waals surface area contributed by atoms with Crippen molar-refractivity contribution in [3.8, 4) is 0 Å². The number of nitrogens with one attached hydrogen (secondary N) is 1. The summed E-state index contributed by atoms with van der Waals surface area (Å²) in [5.41, 5.74) is 5.38. The average Bonchev–Trinajstić information content (AvgIpc) is 1.82. The van der Waals surface area contributed by atoms with Crippen LogP contribution in [0.5, 0.6) is 0 Å². The van der Waals surface area contributed by atoms with Gasteiger partial charge in [0.2, 0.25) is 5.91 Å². The number of carbonyl (C=O) groups is 1. The molecule has 0 aliphatic heterocycles. The fourth-order valence-electron chi connectivity index (χ4n) is 1.35. The SMILES string of the molecule is CC(CCN)NC(=O)C1CCC1. The number of hydrogen-bond donors (Lipinski definition) is 2. The van der Waals surface area contributed by atoms with Crippen molar-refractivity contribution in [3.63, 3.8) is 0 Å². The predicted molar refractivity (Wildman–Crippen MR) is 48.6 cm³/mol. The molecule has 1 aliphatic rings. The van der Waals surface area contributed by atoms with Crippen LogP contribution in [0.2, 0.25) is 0 Å². The molecular formula is C9H18N2O. The smallest absolute Gasteiger partial charge is 0.223 e. The van der Waals surface area contributed by atoms with E-state index in [0.29, 0.717) is 12.5 Å². The lowest BCUT2D eigenvalue weighted by molar-refractivity contribution is -0.128. The summed E-state index contributed by atoms with van der Waals surface area (Å²) in [5, 5.41) is 2.96. The van der Waals surface area contributed by atoms with E-state index >= 15 is 0 Å². The highest BCUT2D eigenvalue weighted by atomic mass is 16.1. The summed E-state index contributed by atoms with van der Waals surface area (Å²) < 4.78 is 0. The Bertz CT molecular complexity index is 155. The summed E-state index contributed by atoms with van der Waals surface area (Å²) in [7, 11) is 0. The molecule has 1 rings (SSSR count). The van der Waals surface area contributed by atoms with Crippen LogP contribution in [0.25, 0.3) is 0 Å². The van der Waals surface area contributed by atoms with Gasteiger partial charge in [-0.05, 0) is 32.7 Å². The van der Waals surface area contributed by atoms with Crippen molar-refractivity contribution in [2.75, 3.05) is 6.54 Å². The molecular weight excluding hydrogens is 152 g/mol. The molecule has 0 saturated heterocycles. The van der Waals surface area contributed by atoms with Crippen LogP contribution in [0.1, 0.15) is 32.6 Å². The van der Waals surface area contributed by atoms with E-state index in [-0.39, 0.29) is 11.9 Å². The third kappa shape index (κ3) is 2.48. The van der Waals surface area contributed by atoms with Crippen LogP contribution in [0, 0.1) is 5.92 Å². The molecule has 0 aromatic heterocycles. The first-order valence-electron chi connectivity index (χ1n) is 4.74. The number of amides is 1. The highest BCUT2D eigenvalue weighted by Crippen LogP contribution is 2.26. The highest BCUT2D eigenvalue weighted by Gasteiger charge is 2.25. The fraction of sp³-hybridized carbons (Fsp3) is 0.889. The lowest BCUT2D eigenvalue weighted by Crippen LogP contribution is -2.40. The predicted octanol–water partition coefficient (Wildman–Crippen LogP) is 0.640. The Kier molecular flexibility index (Phi) is 3.53. The molecule has 0 heterocycles. The van der Waals surface area contributed by atoms with E-state index < -0.39 is 0 Å². The number of hydrogen-bond acceptors (Lipinski definition) is 2. The molecule has 0 aromatic rings. The molecule has 3 nitrogen and oxygen atoms in total. The van der Waals surface area contributed by atoms with E-state index in [2.05, 4.69) is 5.32 Å². The highest BCUT2D eigenvalue weighted by molar-refractivity contribution is 5.79. The van der Waals surface area contributed by atoms with Gasteiger partial charge >= 0.3 is 0 Å². The van der Waals surface area contributed by atoms with Crippen molar-refractivity contribution >= 4 is 5.91 Å². The summed E-state index contributed by atoms with van der Waals surface area (Å²) in [6, 6.07) is 0.239. The van der Waals surface area contributed by atoms with Crippen molar-refractivity contribution in [2.45, 2.75) is 38.6 Å². The third-order valence-electron chi connectivity index (χ3n) is 2.46. The zero-order valence-corrected chi connectivity index (χ0v) is 7.68. The van der Waals surface area contributed by atoms with E-state index in [1.54, 1.807) is 0 Å². The molecule has 1 saturated carbocycles. The molecule has 1 aliphatic carbocycles. The molecule has 0 radical (unpaired) electrons. The second-order valence-electron chi connectivity index (χ2n) is 3.61. The van der Waals surface area contributed by atoms with E-state index in [4.69, 9.17) is 5.73 Å². The van der Waals surface area contributed by atoms with Crippen molar-refractivity contribution in [2.24, 2.45) is 11.7 Å². The van der Waals surface area contributed by atoms with Gasteiger partial charge in [-0.25, -0.2) is 0 Å². The first-order valence-corrected chi connectivity index (χ1v) is 4.74. The number of nitrogens with two attached hydrogens (primary N) is 1. The lowest BCUT2D eigenvalue weighted by atomic mass is 9.84. The zero-order valence-electron chi connectivity index (χ0n) is 7.68. The van der Waals surface area contributed by atoms with Gasteiger partial charge in [-0.2, -0.15) is 0 Å². The molecule has 3 heteroatoms. The first-order chi connectivity index (χ1) is 5.74. The van der Waals surface area contributed by atoms with Gasteiger partial charge in [-0.1, -0.05) is 6.42 Å². The van der Waals surface area contributed by atoms with Crippen LogP contribution in [0.15, 0.2) is 0 Å². The molecule has 0 aromatic carbocycles. The molecule has 1 fully saturated rings. The molecule has 0 bridgehead atoms. The molecule has 1 unspecified atom stereocenters. The van der Waals surface area contributed by atoms with Gasteiger partial charge in [0, 0.05) is 12.0 Å². The van der Waals surface area contributed by atoms with Gasteiger partial charge in [0.15, 0.2) is 0 Å². The first kappa shape index (κ1) is 9.52. The van der Waals surface area contributed by atoms with Gasteiger partial charge in [0.05, 0.1) is 0 Å². The maximum Gasteiger partial charge on any atom is 0.223 e. The van der Waals surface area contributed by atoms with Crippen LogP contribution < -0.4 is 11.1 Å². The fourth-order valence-corrected chi connectivity index (χ4v) is 1.35. The molecule has 0 spiro atoms. The Morgan fingerprint density at radius 3 is 2.75 bits per heavy atom. The Morgan fingerprint density at radius 1 is 1.67 bits per heavy atom. The number of carbonyl (C=O) groups excluding carboxylic acids is 1. The van der Waals surface area contributed by atoms with E-state index in [9.17, 15) is 4.79 Å². The van der Waals surface area contributed by atoms with Crippen LogP contribution in [-0.4, -0.2) is 18.5 Å². The van der Waals surface area contributed by atoms with E-state index in [1.807, 2.05) is 6.92 Å². The second kappa shape index (κ2) is 4.45. The van der Waals surface area contributed by atoms with E-state index in [0.717, 1.165) is 19.3 Å². The Hall–Kier alpha value is -0.570. The van der Waals surface area contributed by atoms with E-state index in [1.165, 1.54) is 6.42 Å². The average molecular weight is 170 g/mol. The van der Waals surface area contributed by atoms with Crippen molar-refractivity contribution in [3.05, 3.63) is 0 Å². The monoisotopic (exact) mass is 170 g/mol. The van der Waals surface area contributed by atoms with Crippen LogP contribution in [-0.2, 0) is 4.79 Å². The van der Waals surface area contributed by atoms with Crippen LogP contribution in [0.4, 0.5) is 0 Å².